The number of allylic oxidation sites excluding steroid dienone is 4. The van der Waals surface area contributed by atoms with Crippen molar-refractivity contribution in [2.45, 2.75) is 52.9 Å². The van der Waals surface area contributed by atoms with Crippen LogP contribution in [0.5, 0.6) is 0 Å². The molecule has 1 heteroatoms. The Kier molecular flexibility index (Phi) is 14.4. The molecule has 1 heterocycles. The van der Waals surface area contributed by atoms with E-state index in [2.05, 4.69) is 274 Å². The first-order valence-electron chi connectivity index (χ1n) is 26.0. The lowest BCUT2D eigenvalue weighted by atomic mass is 9.68. The summed E-state index contributed by atoms with van der Waals surface area (Å²) in [5, 5.41) is 2.54. The first kappa shape index (κ1) is 48.1. The standard InChI is InChI=1S/C44H31N.C19H18.C7H8.C2H6/c1-30-13-12-14-31(27-30)32-23-25-38-37-20-9-11-22-42(37)45(43(38)28-32)35-24-26-41-39(29-35)36-19-8-10-21-40(36)44(41,33-15-4-2-5-16-33)34-17-6-3-7-18-34;1-15-10-12-17(13-11-15)19-9-5-8-18(14-19)16-6-3-2-4-7-16;1-7-5-3-2-4-6-7;1-2/h2-29H,1H3;2-10,12,14H,11,13H2,1H3;2-6H,1H3;1-2H3. The van der Waals surface area contributed by atoms with E-state index in [1.807, 2.05) is 32.0 Å². The molecule has 73 heavy (non-hydrogen) atoms. The number of nitrogens with zero attached hydrogens (tertiary/aromatic N) is 1. The van der Waals surface area contributed by atoms with Gasteiger partial charge in [-0.15, -0.1) is 0 Å². The Hall–Kier alpha value is -8.52. The van der Waals surface area contributed by atoms with Crippen LogP contribution < -0.4 is 0 Å². The van der Waals surface area contributed by atoms with Crippen LogP contribution in [0.4, 0.5) is 0 Å². The molecule has 0 saturated carbocycles. The molecule has 0 radical (unpaired) electrons. The molecule has 0 spiro atoms. The average Bonchev–Trinajstić information content (AvgIpc) is 3.96. The fourth-order valence-corrected chi connectivity index (χ4v) is 10.9. The summed E-state index contributed by atoms with van der Waals surface area (Å²) in [6, 6.07) is 92.3. The van der Waals surface area contributed by atoms with Crippen molar-refractivity contribution < 1.29 is 0 Å². The maximum absolute atomic E-state index is 2.46. The van der Waals surface area contributed by atoms with Crippen LogP contribution in [-0.4, -0.2) is 4.57 Å². The van der Waals surface area contributed by atoms with Crippen LogP contribution >= 0.6 is 0 Å². The van der Waals surface area contributed by atoms with Crippen molar-refractivity contribution in [3.8, 4) is 39.1 Å². The maximum Gasteiger partial charge on any atom is 0.0713 e. The lowest BCUT2D eigenvalue weighted by molar-refractivity contribution is 0.768. The van der Waals surface area contributed by atoms with Gasteiger partial charge in [0.1, 0.15) is 0 Å². The third-order valence-electron chi connectivity index (χ3n) is 14.4. The summed E-state index contributed by atoms with van der Waals surface area (Å²) < 4.78 is 2.46. The third-order valence-corrected chi connectivity index (χ3v) is 14.4. The summed E-state index contributed by atoms with van der Waals surface area (Å²) in [5.41, 5.74) is 23.0. The number of hydrogen-bond acceptors (Lipinski definition) is 0. The number of aromatic nitrogens is 1. The minimum absolute atomic E-state index is 0.397. The molecule has 356 valence electrons. The van der Waals surface area contributed by atoms with Crippen LogP contribution in [0.3, 0.4) is 0 Å². The summed E-state index contributed by atoms with van der Waals surface area (Å²) >= 11 is 0. The van der Waals surface area contributed by atoms with E-state index < -0.39 is 5.41 Å². The van der Waals surface area contributed by atoms with Gasteiger partial charge in [0.05, 0.1) is 16.4 Å². The Morgan fingerprint density at radius 2 is 0.877 bits per heavy atom. The van der Waals surface area contributed by atoms with E-state index in [9.17, 15) is 0 Å². The fraction of sp³-hybridized carbons (Fsp3) is 0.111. The second-order valence-electron chi connectivity index (χ2n) is 19.0. The molecule has 13 rings (SSSR count). The van der Waals surface area contributed by atoms with Crippen molar-refractivity contribution in [3.05, 3.63) is 311 Å². The van der Waals surface area contributed by atoms with E-state index in [1.165, 1.54) is 117 Å². The van der Waals surface area contributed by atoms with Gasteiger partial charge in [0, 0.05) is 16.5 Å². The van der Waals surface area contributed by atoms with E-state index in [4.69, 9.17) is 0 Å². The van der Waals surface area contributed by atoms with E-state index in [1.54, 1.807) is 0 Å². The zero-order chi connectivity index (χ0) is 50.2. The van der Waals surface area contributed by atoms with Crippen molar-refractivity contribution in [2.24, 2.45) is 0 Å². The smallest absolute Gasteiger partial charge is 0.0713 e. The van der Waals surface area contributed by atoms with E-state index in [-0.39, 0.29) is 0 Å². The van der Waals surface area contributed by atoms with Crippen LogP contribution in [0.1, 0.15) is 72.6 Å². The number of fused-ring (bicyclic) bond motifs is 6. The highest BCUT2D eigenvalue weighted by atomic mass is 15.0. The molecule has 0 N–H and O–H groups in total. The highest BCUT2D eigenvalue weighted by Crippen LogP contribution is 2.56. The Morgan fingerprint density at radius 3 is 1.53 bits per heavy atom. The number of benzene rings is 10. The lowest BCUT2D eigenvalue weighted by Crippen LogP contribution is -2.28. The van der Waals surface area contributed by atoms with Gasteiger partial charge in [-0.05, 0) is 131 Å². The van der Waals surface area contributed by atoms with Gasteiger partial charge >= 0.3 is 0 Å². The van der Waals surface area contributed by atoms with E-state index in [0.717, 1.165) is 6.42 Å². The van der Waals surface area contributed by atoms with Gasteiger partial charge in [0.15, 0.2) is 0 Å². The number of aryl methyl sites for hydroxylation is 2. The topological polar surface area (TPSA) is 4.93 Å². The van der Waals surface area contributed by atoms with Gasteiger partial charge in [-0.25, -0.2) is 0 Å². The molecule has 11 aromatic rings. The van der Waals surface area contributed by atoms with E-state index in [0.29, 0.717) is 0 Å². The molecule has 1 aromatic heterocycles. The summed E-state index contributed by atoms with van der Waals surface area (Å²) in [7, 11) is 0. The van der Waals surface area contributed by atoms with Gasteiger partial charge in [0.2, 0.25) is 0 Å². The van der Waals surface area contributed by atoms with Gasteiger partial charge in [-0.1, -0.05) is 267 Å². The summed E-state index contributed by atoms with van der Waals surface area (Å²) in [6.45, 7) is 10.4. The average molecular weight is 942 g/mol. The summed E-state index contributed by atoms with van der Waals surface area (Å²) in [5.74, 6) is 0. The van der Waals surface area contributed by atoms with Gasteiger partial charge in [-0.3, -0.25) is 0 Å². The first-order chi connectivity index (χ1) is 36.0. The molecule has 2 aliphatic carbocycles. The Bertz CT molecular complexity index is 3670. The van der Waals surface area contributed by atoms with Crippen LogP contribution in [0.15, 0.2) is 273 Å². The van der Waals surface area contributed by atoms with Crippen molar-refractivity contribution in [3.63, 3.8) is 0 Å². The highest BCUT2D eigenvalue weighted by Gasteiger charge is 2.46. The van der Waals surface area contributed by atoms with Crippen molar-refractivity contribution >= 4 is 27.4 Å². The molecule has 0 saturated heterocycles. The van der Waals surface area contributed by atoms with E-state index >= 15 is 0 Å². The minimum atomic E-state index is -0.397. The SMILES string of the molecule is CC.CC1=CC=C(c2cccc(-c3ccccc3)c2)CC1.Cc1cccc(-c2ccc3c4ccccc4n(-c4ccc5c(c4)-c4ccccc4C5(c4ccccc4)c4ccccc4)c3c2)c1.Cc1ccccc1. The second kappa shape index (κ2) is 21.9. The molecule has 10 aromatic carbocycles. The molecule has 2 aliphatic rings. The minimum Gasteiger partial charge on any atom is -0.309 e. The Morgan fingerprint density at radius 1 is 0.342 bits per heavy atom. The molecule has 0 bridgehead atoms. The largest absolute Gasteiger partial charge is 0.309 e. The number of para-hydroxylation sites is 1. The molecule has 0 fully saturated rings. The van der Waals surface area contributed by atoms with Gasteiger partial charge in [-0.2, -0.15) is 0 Å². The molecule has 0 amide bonds. The summed E-state index contributed by atoms with van der Waals surface area (Å²) in [4.78, 5) is 0. The quantitative estimate of drug-likeness (QED) is 0.157. The number of hydrogen-bond donors (Lipinski definition) is 0. The lowest BCUT2D eigenvalue weighted by Gasteiger charge is -2.33. The van der Waals surface area contributed by atoms with Gasteiger partial charge < -0.3 is 4.57 Å². The molecule has 1 nitrogen and oxygen atoms in total. The Balaban J connectivity index is 0.000000179. The van der Waals surface area contributed by atoms with Crippen LogP contribution in [0.25, 0.3) is 66.4 Å². The van der Waals surface area contributed by atoms with Crippen molar-refractivity contribution in [1.82, 2.24) is 4.57 Å². The van der Waals surface area contributed by atoms with Gasteiger partial charge in [0.25, 0.3) is 0 Å². The molecule has 0 aliphatic heterocycles. The second-order valence-corrected chi connectivity index (χ2v) is 19.0. The first-order valence-corrected chi connectivity index (χ1v) is 26.0. The molecular formula is C72H63N. The Labute approximate surface area is 433 Å². The van der Waals surface area contributed by atoms with Crippen LogP contribution in [0, 0.1) is 13.8 Å². The third kappa shape index (κ3) is 9.68. The molecular weight excluding hydrogens is 879 g/mol. The van der Waals surface area contributed by atoms with Crippen molar-refractivity contribution in [2.75, 3.05) is 0 Å². The monoisotopic (exact) mass is 941 g/mol. The number of rotatable bonds is 6. The van der Waals surface area contributed by atoms with Crippen LogP contribution in [-0.2, 0) is 5.41 Å². The molecule has 0 unspecified atom stereocenters. The zero-order valence-electron chi connectivity index (χ0n) is 42.8. The predicted molar refractivity (Wildman–Crippen MR) is 314 cm³/mol. The van der Waals surface area contributed by atoms with Crippen LogP contribution in [0.2, 0.25) is 0 Å². The molecule has 0 atom stereocenters. The maximum atomic E-state index is 2.46. The van der Waals surface area contributed by atoms with Crippen molar-refractivity contribution in [1.29, 1.82) is 0 Å². The predicted octanol–water partition coefficient (Wildman–Crippen LogP) is 19.6. The fourth-order valence-electron chi connectivity index (χ4n) is 10.9. The normalized spacial score (nSPS) is 12.9. The highest BCUT2D eigenvalue weighted by molar-refractivity contribution is 6.10. The zero-order valence-corrected chi connectivity index (χ0v) is 42.8. The summed E-state index contributed by atoms with van der Waals surface area (Å²) in [6.07, 6.45) is 6.85.